The first-order chi connectivity index (χ1) is 11.2. The van der Waals surface area contributed by atoms with E-state index in [4.69, 9.17) is 9.84 Å². The molecule has 6 nitrogen and oxygen atoms in total. The lowest BCUT2D eigenvalue weighted by atomic mass is 10.2. The van der Waals surface area contributed by atoms with Crippen LogP contribution in [0.3, 0.4) is 0 Å². The van der Waals surface area contributed by atoms with Crippen LogP contribution in [0, 0.1) is 13.8 Å². The van der Waals surface area contributed by atoms with Crippen LogP contribution in [0.5, 0.6) is 5.75 Å². The van der Waals surface area contributed by atoms with Gasteiger partial charge in [0.05, 0.1) is 25.0 Å². The smallest absolute Gasteiger partial charge is 0.138 e. The van der Waals surface area contributed by atoms with Crippen molar-refractivity contribution in [3.8, 4) is 5.75 Å². The van der Waals surface area contributed by atoms with E-state index in [0.717, 1.165) is 43.2 Å². The van der Waals surface area contributed by atoms with Crippen molar-refractivity contribution in [1.29, 1.82) is 0 Å². The Morgan fingerprint density at radius 1 is 1.39 bits per heavy atom. The lowest BCUT2D eigenvalue weighted by Crippen LogP contribution is -2.25. The van der Waals surface area contributed by atoms with E-state index < -0.39 is 0 Å². The lowest BCUT2D eigenvalue weighted by molar-refractivity contribution is 0.197. The summed E-state index contributed by atoms with van der Waals surface area (Å²) >= 11 is 0. The van der Waals surface area contributed by atoms with Crippen molar-refractivity contribution in [1.82, 2.24) is 19.7 Å². The van der Waals surface area contributed by atoms with E-state index in [0.29, 0.717) is 6.54 Å². The van der Waals surface area contributed by atoms with Gasteiger partial charge < -0.3 is 9.84 Å². The van der Waals surface area contributed by atoms with Crippen LogP contribution in [0.4, 0.5) is 0 Å². The molecule has 0 spiro atoms. The molecule has 0 aliphatic carbocycles. The summed E-state index contributed by atoms with van der Waals surface area (Å²) < 4.78 is 7.88. The monoisotopic (exact) mass is 316 g/mol. The third-order valence-electron chi connectivity index (χ3n) is 4.39. The minimum atomic E-state index is 0.117. The van der Waals surface area contributed by atoms with Gasteiger partial charge in [-0.15, -0.1) is 0 Å². The number of rotatable bonds is 6. The molecule has 1 atom stereocenters. The Morgan fingerprint density at radius 2 is 2.26 bits per heavy atom. The molecule has 3 heterocycles. The molecule has 1 N–H and O–H groups in total. The van der Waals surface area contributed by atoms with Crippen LogP contribution in [0.1, 0.15) is 23.4 Å². The molecule has 124 valence electrons. The summed E-state index contributed by atoms with van der Waals surface area (Å²) in [5.41, 5.74) is 3.46. The molecule has 1 fully saturated rings. The molecule has 0 saturated carbocycles. The Balaban J connectivity index is 1.60. The zero-order valence-corrected chi connectivity index (χ0v) is 13.8. The van der Waals surface area contributed by atoms with E-state index in [1.165, 1.54) is 5.56 Å². The summed E-state index contributed by atoms with van der Waals surface area (Å²) in [6.45, 7) is 7.61. The molecule has 0 bridgehead atoms. The summed E-state index contributed by atoms with van der Waals surface area (Å²) in [5, 5.41) is 13.6. The minimum Gasteiger partial charge on any atom is -0.487 e. The SMILES string of the molecule is Cc1nn(CCO)c(C)c1CN1CCC(Oc2cccnc2)C1. The zero-order valence-electron chi connectivity index (χ0n) is 13.8. The third-order valence-corrected chi connectivity index (χ3v) is 4.39. The summed E-state index contributed by atoms with van der Waals surface area (Å²) in [6.07, 6.45) is 4.75. The number of aliphatic hydroxyl groups excluding tert-OH is 1. The van der Waals surface area contributed by atoms with Gasteiger partial charge >= 0.3 is 0 Å². The summed E-state index contributed by atoms with van der Waals surface area (Å²) in [6, 6.07) is 3.84. The van der Waals surface area contributed by atoms with E-state index in [2.05, 4.69) is 21.9 Å². The molecule has 0 amide bonds. The summed E-state index contributed by atoms with van der Waals surface area (Å²) in [5.74, 6) is 0.836. The first-order valence-electron chi connectivity index (χ1n) is 8.10. The van der Waals surface area contributed by atoms with Crippen LogP contribution >= 0.6 is 0 Å². The zero-order chi connectivity index (χ0) is 16.2. The van der Waals surface area contributed by atoms with Crippen molar-refractivity contribution in [3.05, 3.63) is 41.5 Å². The number of pyridine rings is 1. The fourth-order valence-electron chi connectivity index (χ4n) is 3.15. The molecule has 1 aliphatic rings. The maximum Gasteiger partial charge on any atom is 0.138 e. The number of nitrogens with zero attached hydrogens (tertiary/aromatic N) is 4. The quantitative estimate of drug-likeness (QED) is 0.876. The van der Waals surface area contributed by atoms with Gasteiger partial charge in [-0.1, -0.05) is 0 Å². The van der Waals surface area contributed by atoms with Crippen molar-refractivity contribution in [3.63, 3.8) is 0 Å². The highest BCUT2D eigenvalue weighted by atomic mass is 16.5. The van der Waals surface area contributed by atoms with Gasteiger partial charge in [0.1, 0.15) is 11.9 Å². The van der Waals surface area contributed by atoms with Gasteiger partial charge in [0.15, 0.2) is 0 Å². The maximum atomic E-state index is 9.11. The van der Waals surface area contributed by atoms with Crippen molar-refractivity contribution < 1.29 is 9.84 Å². The first kappa shape index (κ1) is 16.0. The molecule has 2 aromatic heterocycles. The summed E-state index contributed by atoms with van der Waals surface area (Å²) in [7, 11) is 0. The molecular weight excluding hydrogens is 292 g/mol. The number of aromatic nitrogens is 3. The van der Waals surface area contributed by atoms with E-state index in [1.54, 1.807) is 12.4 Å². The molecule has 0 aromatic carbocycles. The van der Waals surface area contributed by atoms with E-state index >= 15 is 0 Å². The second-order valence-corrected chi connectivity index (χ2v) is 6.05. The second-order valence-electron chi connectivity index (χ2n) is 6.05. The first-order valence-corrected chi connectivity index (χ1v) is 8.10. The summed E-state index contributed by atoms with van der Waals surface area (Å²) in [4.78, 5) is 6.49. The number of likely N-dealkylation sites (tertiary alicyclic amines) is 1. The van der Waals surface area contributed by atoms with Crippen LogP contribution in [0.15, 0.2) is 24.5 Å². The Kier molecular flexibility index (Phi) is 4.93. The van der Waals surface area contributed by atoms with Crippen molar-refractivity contribution in [2.24, 2.45) is 0 Å². The highest BCUT2D eigenvalue weighted by Gasteiger charge is 2.25. The van der Waals surface area contributed by atoms with E-state index in [-0.39, 0.29) is 12.7 Å². The van der Waals surface area contributed by atoms with Crippen molar-refractivity contribution in [2.75, 3.05) is 19.7 Å². The molecule has 2 aromatic rings. The van der Waals surface area contributed by atoms with Gasteiger partial charge in [-0.2, -0.15) is 5.10 Å². The molecule has 3 rings (SSSR count). The maximum absolute atomic E-state index is 9.11. The Bertz CT molecular complexity index is 642. The Hall–Kier alpha value is -1.92. The molecule has 1 saturated heterocycles. The highest BCUT2D eigenvalue weighted by Crippen LogP contribution is 2.21. The fraction of sp³-hybridized carbons (Fsp3) is 0.529. The molecule has 23 heavy (non-hydrogen) atoms. The predicted molar refractivity (Wildman–Crippen MR) is 87.3 cm³/mol. The lowest BCUT2D eigenvalue weighted by Gasteiger charge is -2.17. The van der Waals surface area contributed by atoms with E-state index in [1.807, 2.05) is 23.7 Å². The number of hydrogen-bond donors (Lipinski definition) is 1. The van der Waals surface area contributed by atoms with Gasteiger partial charge in [0.25, 0.3) is 0 Å². The second kappa shape index (κ2) is 7.10. The van der Waals surface area contributed by atoms with Gasteiger partial charge in [-0.25, -0.2) is 0 Å². The topological polar surface area (TPSA) is 63.4 Å². The number of aryl methyl sites for hydroxylation is 1. The normalized spacial score (nSPS) is 18.5. The third kappa shape index (κ3) is 3.71. The molecular formula is C17H24N4O2. The average molecular weight is 316 g/mol. The predicted octanol–water partition coefficient (Wildman–Crippen LogP) is 1.54. The van der Waals surface area contributed by atoms with Gasteiger partial charge in [0, 0.05) is 37.1 Å². The van der Waals surface area contributed by atoms with Gasteiger partial charge in [-0.3, -0.25) is 14.6 Å². The molecule has 1 aliphatic heterocycles. The van der Waals surface area contributed by atoms with E-state index in [9.17, 15) is 0 Å². The minimum absolute atomic E-state index is 0.117. The molecule has 0 radical (unpaired) electrons. The van der Waals surface area contributed by atoms with Crippen LogP contribution in [0.25, 0.3) is 0 Å². The van der Waals surface area contributed by atoms with Crippen molar-refractivity contribution in [2.45, 2.75) is 39.5 Å². The van der Waals surface area contributed by atoms with Crippen LogP contribution < -0.4 is 4.74 Å². The highest BCUT2D eigenvalue weighted by molar-refractivity contribution is 5.24. The van der Waals surface area contributed by atoms with Crippen LogP contribution in [-0.2, 0) is 13.1 Å². The Morgan fingerprint density at radius 3 is 3.00 bits per heavy atom. The fourth-order valence-corrected chi connectivity index (χ4v) is 3.15. The van der Waals surface area contributed by atoms with Crippen LogP contribution in [-0.4, -0.2) is 50.6 Å². The van der Waals surface area contributed by atoms with Gasteiger partial charge in [-0.05, 0) is 32.4 Å². The molecule has 6 heteroatoms. The van der Waals surface area contributed by atoms with Gasteiger partial charge in [0.2, 0.25) is 0 Å². The number of ether oxygens (including phenoxy) is 1. The largest absolute Gasteiger partial charge is 0.487 e. The van der Waals surface area contributed by atoms with Crippen LogP contribution in [0.2, 0.25) is 0 Å². The average Bonchev–Trinajstić information content (AvgIpc) is 3.09. The molecule has 1 unspecified atom stereocenters. The number of hydrogen-bond acceptors (Lipinski definition) is 5. The van der Waals surface area contributed by atoms with Crippen molar-refractivity contribution >= 4 is 0 Å². The standard InChI is InChI=1S/C17H24N4O2/c1-13-17(14(2)21(19-13)8-9-22)12-20-7-5-16(11-20)23-15-4-3-6-18-10-15/h3-4,6,10,16,22H,5,7-9,11-12H2,1-2H3. The Labute approximate surface area is 136 Å². The number of aliphatic hydroxyl groups is 1.